The first-order chi connectivity index (χ1) is 14.5. The summed E-state index contributed by atoms with van der Waals surface area (Å²) < 4.78 is 25.7. The van der Waals surface area contributed by atoms with E-state index < -0.39 is 5.25 Å². The van der Waals surface area contributed by atoms with Crippen molar-refractivity contribution in [3.8, 4) is 22.9 Å². The lowest BCUT2D eigenvalue weighted by Gasteiger charge is -2.13. The Hall–Kier alpha value is -3.33. The van der Waals surface area contributed by atoms with Crippen LogP contribution in [0, 0.1) is 5.82 Å². The maximum atomic E-state index is 13.2. The summed E-state index contributed by atoms with van der Waals surface area (Å²) in [5, 5.41) is 11.5. The molecule has 4 rings (SSSR count). The van der Waals surface area contributed by atoms with Gasteiger partial charge in [-0.05, 0) is 43.3 Å². The fourth-order valence-corrected chi connectivity index (χ4v) is 3.77. The summed E-state index contributed by atoms with van der Waals surface area (Å²) in [6.07, 6.45) is 1.72. The van der Waals surface area contributed by atoms with Crippen LogP contribution in [0.1, 0.15) is 6.92 Å². The summed E-state index contributed by atoms with van der Waals surface area (Å²) in [4.78, 5) is 12.7. The highest BCUT2D eigenvalue weighted by atomic mass is 32.2. The number of hydrogen-bond donors (Lipinski definition) is 1. The second-order valence-electron chi connectivity index (χ2n) is 6.53. The van der Waals surface area contributed by atoms with Gasteiger partial charge in [0.1, 0.15) is 5.82 Å². The molecular formula is C21H19FN4O3S. The van der Waals surface area contributed by atoms with Gasteiger partial charge in [0.15, 0.2) is 22.5 Å². The number of halogens is 1. The Labute approximate surface area is 176 Å². The Morgan fingerprint density at radius 3 is 2.80 bits per heavy atom. The maximum Gasteiger partial charge on any atom is 0.237 e. The second-order valence-corrected chi connectivity index (χ2v) is 7.84. The van der Waals surface area contributed by atoms with Crippen LogP contribution in [-0.2, 0) is 11.3 Å². The number of nitrogens with zero attached hydrogens (tertiary/aromatic N) is 3. The summed E-state index contributed by atoms with van der Waals surface area (Å²) in [6, 6.07) is 11.3. The maximum absolute atomic E-state index is 13.2. The number of thioether (sulfide) groups is 1. The van der Waals surface area contributed by atoms with Gasteiger partial charge in [0.2, 0.25) is 12.7 Å². The first-order valence-electron chi connectivity index (χ1n) is 9.22. The fourth-order valence-electron chi connectivity index (χ4n) is 2.91. The van der Waals surface area contributed by atoms with E-state index in [4.69, 9.17) is 9.47 Å². The zero-order valence-electron chi connectivity index (χ0n) is 16.2. The van der Waals surface area contributed by atoms with Crippen molar-refractivity contribution < 1.29 is 18.7 Å². The molecule has 2 aromatic carbocycles. The number of amides is 1. The standard InChI is InChI=1S/C21H19FN4O3S/c1-3-10-26-19(14-4-6-15(22)7-5-14)24-25-21(26)30-13(2)20(27)23-16-8-9-17-18(11-16)29-12-28-17/h3-9,11,13H,1,10,12H2,2H3,(H,23,27)/t13-/m1/s1. The van der Waals surface area contributed by atoms with Gasteiger partial charge in [-0.2, -0.15) is 0 Å². The number of aromatic nitrogens is 3. The minimum absolute atomic E-state index is 0.175. The fraction of sp³-hybridized carbons (Fsp3) is 0.190. The summed E-state index contributed by atoms with van der Waals surface area (Å²) in [6.45, 7) is 6.20. The van der Waals surface area contributed by atoms with E-state index in [1.165, 1.54) is 23.9 Å². The normalized spacial score (nSPS) is 13.1. The van der Waals surface area contributed by atoms with E-state index in [-0.39, 0.29) is 18.5 Å². The van der Waals surface area contributed by atoms with Gasteiger partial charge >= 0.3 is 0 Å². The predicted octanol–water partition coefficient (Wildman–Crippen LogP) is 4.12. The van der Waals surface area contributed by atoms with Crippen molar-refractivity contribution in [3.63, 3.8) is 0 Å². The van der Waals surface area contributed by atoms with Gasteiger partial charge in [-0.1, -0.05) is 17.8 Å². The predicted molar refractivity (Wildman–Crippen MR) is 112 cm³/mol. The smallest absolute Gasteiger partial charge is 0.237 e. The molecule has 1 amide bonds. The number of fused-ring (bicyclic) bond motifs is 1. The average Bonchev–Trinajstić information content (AvgIpc) is 3.36. The highest BCUT2D eigenvalue weighted by molar-refractivity contribution is 8.00. The molecule has 30 heavy (non-hydrogen) atoms. The van der Waals surface area contributed by atoms with Crippen molar-refractivity contribution in [1.82, 2.24) is 14.8 Å². The van der Waals surface area contributed by atoms with Gasteiger partial charge in [-0.15, -0.1) is 16.8 Å². The van der Waals surface area contributed by atoms with Crippen LogP contribution in [0.15, 0.2) is 60.3 Å². The van der Waals surface area contributed by atoms with Crippen molar-refractivity contribution in [2.24, 2.45) is 0 Å². The van der Waals surface area contributed by atoms with E-state index in [1.807, 2.05) is 4.57 Å². The van der Waals surface area contributed by atoms with Gasteiger partial charge in [0.25, 0.3) is 0 Å². The molecule has 0 unspecified atom stereocenters. The van der Waals surface area contributed by atoms with Crippen molar-refractivity contribution in [2.75, 3.05) is 12.1 Å². The quantitative estimate of drug-likeness (QED) is 0.452. The molecular weight excluding hydrogens is 407 g/mol. The number of anilines is 1. The topological polar surface area (TPSA) is 78.3 Å². The third kappa shape index (κ3) is 4.16. The molecule has 0 aliphatic carbocycles. The van der Waals surface area contributed by atoms with E-state index in [0.29, 0.717) is 34.7 Å². The van der Waals surface area contributed by atoms with E-state index in [2.05, 4.69) is 22.1 Å². The van der Waals surface area contributed by atoms with E-state index in [1.54, 1.807) is 43.3 Å². The zero-order chi connectivity index (χ0) is 21.1. The molecule has 0 bridgehead atoms. The molecule has 1 aliphatic heterocycles. The summed E-state index contributed by atoms with van der Waals surface area (Å²) in [5.41, 5.74) is 1.35. The zero-order valence-corrected chi connectivity index (χ0v) is 17.0. The molecule has 1 N–H and O–H groups in total. The van der Waals surface area contributed by atoms with Crippen LogP contribution in [0.4, 0.5) is 10.1 Å². The Balaban J connectivity index is 1.49. The van der Waals surface area contributed by atoms with Gasteiger partial charge in [0.05, 0.1) is 5.25 Å². The summed E-state index contributed by atoms with van der Waals surface area (Å²) in [7, 11) is 0. The third-order valence-corrected chi connectivity index (χ3v) is 5.50. The molecule has 154 valence electrons. The number of rotatable bonds is 7. The van der Waals surface area contributed by atoms with Crippen LogP contribution in [0.5, 0.6) is 11.5 Å². The Morgan fingerprint density at radius 1 is 1.27 bits per heavy atom. The van der Waals surface area contributed by atoms with Crippen LogP contribution in [0.3, 0.4) is 0 Å². The monoisotopic (exact) mass is 426 g/mol. The number of allylic oxidation sites excluding steroid dienone is 1. The van der Waals surface area contributed by atoms with Gasteiger partial charge in [-0.3, -0.25) is 9.36 Å². The lowest BCUT2D eigenvalue weighted by Crippen LogP contribution is -2.23. The van der Waals surface area contributed by atoms with Crippen molar-refractivity contribution >= 4 is 23.4 Å². The molecule has 9 heteroatoms. The SMILES string of the molecule is C=CCn1c(S[C@H](C)C(=O)Nc2ccc3c(c2)OCO3)nnc1-c1ccc(F)cc1. The van der Waals surface area contributed by atoms with Crippen LogP contribution >= 0.6 is 11.8 Å². The second kappa shape index (κ2) is 8.58. The molecule has 0 spiro atoms. The molecule has 0 saturated heterocycles. The molecule has 7 nitrogen and oxygen atoms in total. The third-order valence-electron chi connectivity index (χ3n) is 4.42. The largest absolute Gasteiger partial charge is 0.454 e. The van der Waals surface area contributed by atoms with Crippen molar-refractivity contribution in [3.05, 3.63) is 60.9 Å². The summed E-state index contributed by atoms with van der Waals surface area (Å²) in [5.74, 6) is 1.33. The average molecular weight is 426 g/mol. The molecule has 3 aromatic rings. The van der Waals surface area contributed by atoms with Crippen molar-refractivity contribution in [2.45, 2.75) is 23.9 Å². The van der Waals surface area contributed by atoms with E-state index >= 15 is 0 Å². The van der Waals surface area contributed by atoms with Gasteiger partial charge < -0.3 is 14.8 Å². The number of carbonyl (C=O) groups excluding carboxylic acids is 1. The molecule has 2 heterocycles. The highest BCUT2D eigenvalue weighted by Crippen LogP contribution is 2.34. The lowest BCUT2D eigenvalue weighted by molar-refractivity contribution is -0.115. The Bertz CT molecular complexity index is 1080. The van der Waals surface area contributed by atoms with Gasteiger partial charge in [-0.25, -0.2) is 4.39 Å². The molecule has 1 atom stereocenters. The first kappa shape index (κ1) is 20.0. The molecule has 0 radical (unpaired) electrons. The molecule has 1 aliphatic rings. The Morgan fingerprint density at radius 2 is 2.03 bits per heavy atom. The summed E-state index contributed by atoms with van der Waals surface area (Å²) >= 11 is 1.28. The lowest BCUT2D eigenvalue weighted by atomic mass is 10.2. The first-order valence-corrected chi connectivity index (χ1v) is 10.1. The van der Waals surface area contributed by atoms with Crippen LogP contribution < -0.4 is 14.8 Å². The number of ether oxygens (including phenoxy) is 2. The minimum Gasteiger partial charge on any atom is -0.454 e. The number of nitrogens with one attached hydrogen (secondary N) is 1. The number of benzene rings is 2. The molecule has 0 fully saturated rings. The number of hydrogen-bond acceptors (Lipinski definition) is 6. The molecule has 1 aromatic heterocycles. The number of carbonyl (C=O) groups is 1. The van der Waals surface area contributed by atoms with Crippen molar-refractivity contribution in [1.29, 1.82) is 0 Å². The highest BCUT2D eigenvalue weighted by Gasteiger charge is 2.21. The Kier molecular flexibility index (Phi) is 5.71. The van der Waals surface area contributed by atoms with Crippen LogP contribution in [0.25, 0.3) is 11.4 Å². The van der Waals surface area contributed by atoms with Crippen LogP contribution in [0.2, 0.25) is 0 Å². The van der Waals surface area contributed by atoms with Gasteiger partial charge in [0, 0.05) is 23.9 Å². The van der Waals surface area contributed by atoms with E-state index in [0.717, 1.165) is 5.56 Å². The van der Waals surface area contributed by atoms with Crippen LogP contribution in [-0.4, -0.2) is 32.7 Å². The molecule has 0 saturated carbocycles. The minimum atomic E-state index is -0.441. The van der Waals surface area contributed by atoms with E-state index in [9.17, 15) is 9.18 Å².